The molecule has 5 nitrogen and oxygen atoms in total. The Morgan fingerprint density at radius 3 is 1.29 bits per heavy atom. The summed E-state index contributed by atoms with van der Waals surface area (Å²) in [7, 11) is 0. The number of benzene rings is 8. The zero-order valence-corrected chi connectivity index (χ0v) is 29.8. The fourth-order valence-corrected chi connectivity index (χ4v) is 7.38. The molecule has 0 spiro atoms. The summed E-state index contributed by atoms with van der Waals surface area (Å²) in [5.41, 5.74) is 13.0. The van der Waals surface area contributed by atoms with Gasteiger partial charge in [0.1, 0.15) is 6.33 Å². The topological polar surface area (TPSA) is 56.5 Å². The third kappa shape index (κ3) is 6.14. The lowest BCUT2D eigenvalue weighted by Gasteiger charge is -2.13. The van der Waals surface area contributed by atoms with Crippen LogP contribution in [0.1, 0.15) is 0 Å². The van der Waals surface area contributed by atoms with Crippen LogP contribution in [-0.2, 0) is 0 Å². The third-order valence-corrected chi connectivity index (χ3v) is 10.2. The average Bonchev–Trinajstić information content (AvgIpc) is 3.70. The van der Waals surface area contributed by atoms with E-state index in [1.54, 1.807) is 0 Å². The minimum absolute atomic E-state index is 0.643. The zero-order valence-electron chi connectivity index (χ0n) is 29.8. The highest BCUT2D eigenvalue weighted by Gasteiger charge is 2.14. The number of hydrogen-bond donors (Lipinski definition) is 0. The molecule has 0 aliphatic rings. The molecule has 0 saturated carbocycles. The number of para-hydroxylation sites is 1. The summed E-state index contributed by atoms with van der Waals surface area (Å²) < 4.78 is 2.13. The van der Waals surface area contributed by atoms with Gasteiger partial charge < -0.3 is 0 Å². The lowest BCUT2D eigenvalue weighted by atomic mass is 9.92. The molecule has 0 aliphatic carbocycles. The molecule has 8 aromatic carbocycles. The van der Waals surface area contributed by atoms with Crippen molar-refractivity contribution in [3.05, 3.63) is 200 Å². The Kier molecular flexibility index (Phi) is 8.08. The van der Waals surface area contributed by atoms with Crippen LogP contribution in [-0.4, -0.2) is 24.5 Å². The smallest absolute Gasteiger partial charge is 0.164 e. The average molecular weight is 704 g/mol. The van der Waals surface area contributed by atoms with Crippen molar-refractivity contribution in [1.82, 2.24) is 24.5 Å². The van der Waals surface area contributed by atoms with E-state index in [9.17, 15) is 0 Å². The summed E-state index contributed by atoms with van der Waals surface area (Å²) in [5, 5.41) is 2.41. The van der Waals surface area contributed by atoms with E-state index >= 15 is 0 Å². The molecule has 0 amide bonds. The molecule has 0 radical (unpaired) electrons. The van der Waals surface area contributed by atoms with Gasteiger partial charge in [-0.25, -0.2) is 19.9 Å². The molecule has 258 valence electrons. The normalized spacial score (nSPS) is 11.3. The van der Waals surface area contributed by atoms with Crippen molar-refractivity contribution >= 4 is 21.8 Å². The molecule has 0 aliphatic heterocycles. The number of fused-ring (bicyclic) bond motifs is 2. The predicted octanol–water partition coefficient (Wildman–Crippen LogP) is 12.4. The van der Waals surface area contributed by atoms with Gasteiger partial charge in [-0.2, -0.15) is 0 Å². The van der Waals surface area contributed by atoms with Gasteiger partial charge in [0.05, 0.1) is 11.0 Å². The van der Waals surface area contributed by atoms with Crippen LogP contribution in [0, 0.1) is 0 Å². The molecule has 5 heteroatoms. The lowest BCUT2D eigenvalue weighted by molar-refractivity contribution is 1.07. The second-order valence-corrected chi connectivity index (χ2v) is 13.6. The molecule has 0 fully saturated rings. The van der Waals surface area contributed by atoms with E-state index in [1.165, 1.54) is 27.5 Å². The van der Waals surface area contributed by atoms with Gasteiger partial charge in [0, 0.05) is 22.4 Å². The molecule has 0 bridgehead atoms. The van der Waals surface area contributed by atoms with Crippen LogP contribution in [0.2, 0.25) is 0 Å². The largest absolute Gasteiger partial charge is 0.299 e. The maximum absolute atomic E-state index is 4.92. The first-order chi connectivity index (χ1) is 27.2. The van der Waals surface area contributed by atoms with E-state index in [2.05, 4.69) is 120 Å². The summed E-state index contributed by atoms with van der Waals surface area (Å²) in [6.07, 6.45) is 1.90. The molecule has 55 heavy (non-hydrogen) atoms. The number of imidazole rings is 1. The van der Waals surface area contributed by atoms with Crippen LogP contribution >= 0.6 is 0 Å². The van der Waals surface area contributed by atoms with Crippen LogP contribution in [0.5, 0.6) is 0 Å². The Hall–Kier alpha value is -7.50. The Balaban J connectivity index is 0.958. The van der Waals surface area contributed by atoms with Crippen molar-refractivity contribution in [3.8, 4) is 73.2 Å². The first kappa shape index (κ1) is 32.2. The van der Waals surface area contributed by atoms with Gasteiger partial charge in [0.15, 0.2) is 17.5 Å². The van der Waals surface area contributed by atoms with Gasteiger partial charge in [0.25, 0.3) is 0 Å². The second kappa shape index (κ2) is 13.8. The SMILES string of the molecule is c1ccc(-c2nc(-c3ccccc3)nc(-c3ccc(-c4cccc5c(-c6ccc(-c7ccc8c(c7)ncn8-c7ccccc7)cc6)cccc45)cc3)n2)cc1. The first-order valence-electron chi connectivity index (χ1n) is 18.4. The van der Waals surface area contributed by atoms with Crippen molar-refractivity contribution in [2.45, 2.75) is 0 Å². The van der Waals surface area contributed by atoms with E-state index in [0.717, 1.165) is 50.1 Å². The standard InChI is InChI=1S/C50H33N5/c1-4-12-37(13-5-1)48-52-49(38-14-6-2-7-15-38)54-50(53-48)39-28-26-36(27-29-39)43-19-11-20-44-42(18-10-21-45(43)44)35-24-22-34(23-25-35)40-30-31-47-46(32-40)51-33-55(47)41-16-8-3-9-17-41/h1-33H. The summed E-state index contributed by atoms with van der Waals surface area (Å²) >= 11 is 0. The number of nitrogens with zero attached hydrogens (tertiary/aromatic N) is 5. The van der Waals surface area contributed by atoms with E-state index in [1.807, 2.05) is 85.2 Å². The Morgan fingerprint density at radius 1 is 0.327 bits per heavy atom. The summed E-state index contributed by atoms with van der Waals surface area (Å²) in [6, 6.07) is 67.5. The predicted molar refractivity (Wildman–Crippen MR) is 225 cm³/mol. The van der Waals surface area contributed by atoms with Crippen LogP contribution < -0.4 is 0 Å². The van der Waals surface area contributed by atoms with Crippen molar-refractivity contribution in [2.75, 3.05) is 0 Å². The Labute approximate surface area is 318 Å². The molecule has 10 rings (SSSR count). The molecule has 10 aromatic rings. The summed E-state index contributed by atoms with van der Waals surface area (Å²) in [5.74, 6) is 1.95. The molecular weight excluding hydrogens is 671 g/mol. The first-order valence-corrected chi connectivity index (χ1v) is 18.4. The molecule has 0 N–H and O–H groups in total. The second-order valence-electron chi connectivity index (χ2n) is 13.6. The molecule has 2 aromatic heterocycles. The minimum Gasteiger partial charge on any atom is -0.299 e. The van der Waals surface area contributed by atoms with Crippen LogP contribution in [0.25, 0.3) is 95.0 Å². The van der Waals surface area contributed by atoms with E-state index in [4.69, 9.17) is 19.9 Å². The van der Waals surface area contributed by atoms with Crippen LogP contribution in [0.4, 0.5) is 0 Å². The Bertz CT molecular complexity index is 2880. The van der Waals surface area contributed by atoms with Gasteiger partial charge >= 0.3 is 0 Å². The maximum Gasteiger partial charge on any atom is 0.164 e. The number of rotatable bonds is 7. The summed E-state index contributed by atoms with van der Waals surface area (Å²) in [4.78, 5) is 19.4. The van der Waals surface area contributed by atoms with Crippen LogP contribution in [0.3, 0.4) is 0 Å². The van der Waals surface area contributed by atoms with E-state index in [0.29, 0.717) is 17.5 Å². The zero-order chi connectivity index (χ0) is 36.6. The monoisotopic (exact) mass is 703 g/mol. The molecular formula is C50H33N5. The van der Waals surface area contributed by atoms with Crippen molar-refractivity contribution in [3.63, 3.8) is 0 Å². The fraction of sp³-hybridized carbons (Fsp3) is 0. The minimum atomic E-state index is 0.643. The quantitative estimate of drug-likeness (QED) is 0.166. The summed E-state index contributed by atoms with van der Waals surface area (Å²) in [6.45, 7) is 0. The third-order valence-electron chi connectivity index (χ3n) is 10.2. The van der Waals surface area contributed by atoms with E-state index in [-0.39, 0.29) is 0 Å². The van der Waals surface area contributed by atoms with E-state index < -0.39 is 0 Å². The highest BCUT2D eigenvalue weighted by Crippen LogP contribution is 2.37. The van der Waals surface area contributed by atoms with Gasteiger partial charge in [-0.3, -0.25) is 4.57 Å². The maximum atomic E-state index is 4.92. The number of aromatic nitrogens is 5. The number of hydrogen-bond acceptors (Lipinski definition) is 4. The molecule has 0 unspecified atom stereocenters. The van der Waals surface area contributed by atoms with Crippen molar-refractivity contribution in [2.24, 2.45) is 0 Å². The van der Waals surface area contributed by atoms with Crippen molar-refractivity contribution in [1.29, 1.82) is 0 Å². The fourth-order valence-electron chi connectivity index (χ4n) is 7.38. The van der Waals surface area contributed by atoms with Crippen LogP contribution in [0.15, 0.2) is 200 Å². The van der Waals surface area contributed by atoms with Gasteiger partial charge in [-0.1, -0.05) is 170 Å². The Morgan fingerprint density at radius 2 is 0.764 bits per heavy atom. The van der Waals surface area contributed by atoms with Crippen molar-refractivity contribution < 1.29 is 0 Å². The molecule has 0 atom stereocenters. The highest BCUT2D eigenvalue weighted by atomic mass is 15.0. The lowest BCUT2D eigenvalue weighted by Crippen LogP contribution is -2.00. The van der Waals surface area contributed by atoms with Gasteiger partial charge in [-0.05, 0) is 68.4 Å². The van der Waals surface area contributed by atoms with Gasteiger partial charge in [0.2, 0.25) is 0 Å². The molecule has 2 heterocycles. The van der Waals surface area contributed by atoms with Gasteiger partial charge in [-0.15, -0.1) is 0 Å². The molecule has 0 saturated heterocycles. The highest BCUT2D eigenvalue weighted by molar-refractivity contribution is 6.04.